The molecule has 0 aromatic heterocycles. The van der Waals surface area contributed by atoms with Crippen molar-refractivity contribution in [3.05, 3.63) is 65.5 Å². The zero-order chi connectivity index (χ0) is 13.0. The van der Waals surface area contributed by atoms with Crippen LogP contribution in [0.1, 0.15) is 15.9 Å². The Labute approximate surface area is 104 Å². The Kier molecular flexibility index (Phi) is 3.69. The van der Waals surface area contributed by atoms with E-state index in [1.807, 2.05) is 12.1 Å². The van der Waals surface area contributed by atoms with Gasteiger partial charge in [0.2, 0.25) is 0 Å². The second-order valence-electron chi connectivity index (χ2n) is 3.83. The molecule has 0 aliphatic carbocycles. The molecule has 1 amide bonds. The number of hydrogen-bond donors (Lipinski definition) is 2. The van der Waals surface area contributed by atoms with E-state index < -0.39 is 5.82 Å². The van der Waals surface area contributed by atoms with E-state index in [2.05, 4.69) is 5.32 Å². The second-order valence-corrected chi connectivity index (χ2v) is 3.83. The number of nitrogens with one attached hydrogen (secondary N) is 1. The van der Waals surface area contributed by atoms with Gasteiger partial charge in [-0.15, -0.1) is 0 Å². The molecule has 0 aliphatic heterocycles. The number of rotatable bonds is 3. The maximum atomic E-state index is 13.0. The van der Waals surface area contributed by atoms with Gasteiger partial charge in [-0.2, -0.15) is 0 Å². The van der Waals surface area contributed by atoms with Gasteiger partial charge in [-0.05, 0) is 29.8 Å². The third kappa shape index (κ3) is 2.73. The second kappa shape index (κ2) is 5.42. The molecular formula is C14H13FN2O. The number of benzene rings is 2. The molecule has 0 saturated carbocycles. The quantitative estimate of drug-likeness (QED) is 0.871. The molecule has 2 rings (SSSR count). The van der Waals surface area contributed by atoms with E-state index in [9.17, 15) is 9.18 Å². The summed E-state index contributed by atoms with van der Waals surface area (Å²) in [6, 6.07) is 12.8. The number of anilines is 1. The summed E-state index contributed by atoms with van der Waals surface area (Å²) in [4.78, 5) is 11.9. The van der Waals surface area contributed by atoms with Gasteiger partial charge >= 0.3 is 0 Å². The molecule has 0 saturated heterocycles. The van der Waals surface area contributed by atoms with Crippen molar-refractivity contribution in [2.75, 3.05) is 5.32 Å². The first-order valence-corrected chi connectivity index (χ1v) is 5.55. The highest BCUT2D eigenvalue weighted by molar-refractivity contribution is 6.04. The van der Waals surface area contributed by atoms with E-state index in [0.29, 0.717) is 12.2 Å². The highest BCUT2D eigenvalue weighted by Crippen LogP contribution is 2.15. The molecule has 0 unspecified atom stereocenters. The smallest absolute Gasteiger partial charge is 0.255 e. The summed E-state index contributed by atoms with van der Waals surface area (Å²) in [5, 5.41) is 2.72. The number of amides is 1. The number of para-hydroxylation sites is 1. The molecule has 0 radical (unpaired) electrons. The third-order valence-corrected chi connectivity index (χ3v) is 2.57. The molecule has 0 atom stereocenters. The molecule has 0 spiro atoms. The van der Waals surface area contributed by atoms with Crippen molar-refractivity contribution < 1.29 is 9.18 Å². The molecule has 92 valence electrons. The van der Waals surface area contributed by atoms with Gasteiger partial charge < -0.3 is 11.1 Å². The number of carbonyl (C=O) groups is 1. The largest absolute Gasteiger partial charge is 0.326 e. The van der Waals surface area contributed by atoms with E-state index in [-0.39, 0.29) is 11.5 Å². The predicted octanol–water partition coefficient (Wildman–Crippen LogP) is 2.54. The minimum atomic E-state index is -0.435. The van der Waals surface area contributed by atoms with Gasteiger partial charge in [-0.3, -0.25) is 4.79 Å². The number of nitrogens with two attached hydrogens (primary N) is 1. The average Bonchev–Trinajstić information content (AvgIpc) is 2.39. The predicted molar refractivity (Wildman–Crippen MR) is 68.7 cm³/mol. The van der Waals surface area contributed by atoms with Crippen molar-refractivity contribution in [3.8, 4) is 0 Å². The number of carbonyl (C=O) groups excluding carboxylic acids is 1. The van der Waals surface area contributed by atoms with Gasteiger partial charge in [-0.1, -0.05) is 24.3 Å². The highest BCUT2D eigenvalue weighted by atomic mass is 19.1. The fourth-order valence-corrected chi connectivity index (χ4v) is 1.64. The van der Waals surface area contributed by atoms with Crippen LogP contribution in [-0.4, -0.2) is 5.91 Å². The Morgan fingerprint density at radius 3 is 2.67 bits per heavy atom. The zero-order valence-corrected chi connectivity index (χ0v) is 9.69. The fourth-order valence-electron chi connectivity index (χ4n) is 1.64. The molecule has 3 N–H and O–H groups in total. The van der Waals surface area contributed by atoms with E-state index in [4.69, 9.17) is 5.73 Å². The van der Waals surface area contributed by atoms with E-state index in [0.717, 1.165) is 5.56 Å². The van der Waals surface area contributed by atoms with Crippen LogP contribution in [0.4, 0.5) is 10.1 Å². The SMILES string of the molecule is NCc1ccccc1NC(=O)c1cccc(F)c1. The lowest BCUT2D eigenvalue weighted by molar-refractivity contribution is 0.102. The topological polar surface area (TPSA) is 55.1 Å². The molecule has 2 aromatic carbocycles. The maximum absolute atomic E-state index is 13.0. The van der Waals surface area contributed by atoms with Crippen LogP contribution >= 0.6 is 0 Å². The minimum absolute atomic E-state index is 0.279. The van der Waals surface area contributed by atoms with Crippen LogP contribution in [0.5, 0.6) is 0 Å². The standard InChI is InChI=1S/C14H13FN2O/c15-12-6-3-5-10(8-12)14(18)17-13-7-2-1-4-11(13)9-16/h1-8H,9,16H2,(H,17,18). The van der Waals surface area contributed by atoms with E-state index in [1.54, 1.807) is 18.2 Å². The fraction of sp³-hybridized carbons (Fsp3) is 0.0714. The summed E-state index contributed by atoms with van der Waals surface area (Å²) < 4.78 is 13.0. The summed E-state index contributed by atoms with van der Waals surface area (Å²) in [7, 11) is 0. The van der Waals surface area contributed by atoms with E-state index in [1.165, 1.54) is 18.2 Å². The summed E-state index contributed by atoms with van der Waals surface area (Å²) in [5.74, 6) is -0.787. The van der Waals surface area contributed by atoms with Crippen LogP contribution in [0.3, 0.4) is 0 Å². The monoisotopic (exact) mass is 244 g/mol. The Balaban J connectivity index is 2.21. The van der Waals surface area contributed by atoms with Crippen molar-refractivity contribution >= 4 is 11.6 Å². The zero-order valence-electron chi connectivity index (χ0n) is 9.69. The van der Waals surface area contributed by atoms with Crippen molar-refractivity contribution in [1.82, 2.24) is 0 Å². The lowest BCUT2D eigenvalue weighted by Crippen LogP contribution is -2.14. The van der Waals surface area contributed by atoms with E-state index >= 15 is 0 Å². The highest BCUT2D eigenvalue weighted by Gasteiger charge is 2.08. The van der Waals surface area contributed by atoms with Crippen LogP contribution in [0.15, 0.2) is 48.5 Å². The summed E-state index contributed by atoms with van der Waals surface area (Å²) >= 11 is 0. The molecule has 0 heterocycles. The molecule has 3 nitrogen and oxygen atoms in total. The van der Waals surface area contributed by atoms with Gasteiger partial charge in [0.05, 0.1) is 0 Å². The lowest BCUT2D eigenvalue weighted by atomic mass is 10.1. The van der Waals surface area contributed by atoms with Crippen LogP contribution < -0.4 is 11.1 Å². The first-order chi connectivity index (χ1) is 8.70. The molecule has 0 bridgehead atoms. The van der Waals surface area contributed by atoms with Crippen molar-refractivity contribution in [2.24, 2.45) is 5.73 Å². The minimum Gasteiger partial charge on any atom is -0.326 e. The molecular weight excluding hydrogens is 231 g/mol. The van der Waals surface area contributed by atoms with Crippen LogP contribution in [0.25, 0.3) is 0 Å². The van der Waals surface area contributed by atoms with Gasteiger partial charge in [0.25, 0.3) is 5.91 Å². The van der Waals surface area contributed by atoms with Gasteiger partial charge in [0.1, 0.15) is 5.82 Å². The number of hydrogen-bond acceptors (Lipinski definition) is 2. The molecule has 0 fully saturated rings. The van der Waals surface area contributed by atoms with Crippen molar-refractivity contribution in [1.29, 1.82) is 0 Å². The summed E-state index contributed by atoms with van der Waals surface area (Å²) in [5.41, 5.74) is 7.34. The van der Waals surface area contributed by atoms with Gasteiger partial charge in [-0.25, -0.2) is 4.39 Å². The van der Waals surface area contributed by atoms with Crippen molar-refractivity contribution in [2.45, 2.75) is 6.54 Å². The first kappa shape index (κ1) is 12.3. The first-order valence-electron chi connectivity index (χ1n) is 5.55. The number of halogens is 1. The molecule has 4 heteroatoms. The Hall–Kier alpha value is -2.20. The molecule has 18 heavy (non-hydrogen) atoms. The van der Waals surface area contributed by atoms with Gasteiger partial charge in [0.15, 0.2) is 0 Å². The van der Waals surface area contributed by atoms with Crippen LogP contribution in [-0.2, 0) is 6.54 Å². The maximum Gasteiger partial charge on any atom is 0.255 e. The average molecular weight is 244 g/mol. The normalized spacial score (nSPS) is 10.1. The van der Waals surface area contributed by atoms with Crippen LogP contribution in [0.2, 0.25) is 0 Å². The lowest BCUT2D eigenvalue weighted by Gasteiger charge is -2.09. The molecule has 2 aromatic rings. The van der Waals surface area contributed by atoms with Crippen molar-refractivity contribution in [3.63, 3.8) is 0 Å². The van der Waals surface area contributed by atoms with Gasteiger partial charge in [0, 0.05) is 17.8 Å². The summed E-state index contributed by atoms with van der Waals surface area (Å²) in [6.07, 6.45) is 0. The molecule has 0 aliphatic rings. The Morgan fingerprint density at radius 2 is 1.94 bits per heavy atom. The Morgan fingerprint density at radius 1 is 1.17 bits per heavy atom. The van der Waals surface area contributed by atoms with Crippen LogP contribution in [0, 0.1) is 5.82 Å². The third-order valence-electron chi connectivity index (χ3n) is 2.57. The Bertz CT molecular complexity index is 569. The summed E-state index contributed by atoms with van der Waals surface area (Å²) in [6.45, 7) is 0.333.